The molecule has 3 aliphatic rings. The SMILES string of the molecule is Cn1nc(CN(C2CCCC2)S(=O)(=O)c2ccc3c(c2)CCCC3)c2c1CCC2. The lowest BCUT2D eigenvalue weighted by atomic mass is 9.92. The molecule has 0 atom stereocenters. The summed E-state index contributed by atoms with van der Waals surface area (Å²) in [6, 6.07) is 5.93. The summed E-state index contributed by atoms with van der Waals surface area (Å²) in [7, 11) is -1.55. The quantitative estimate of drug-likeness (QED) is 0.746. The molecule has 1 aromatic heterocycles. The molecule has 156 valence electrons. The van der Waals surface area contributed by atoms with Crippen LogP contribution in [0.4, 0.5) is 0 Å². The first kappa shape index (κ1) is 19.3. The number of aromatic nitrogens is 2. The molecular weight excluding hydrogens is 382 g/mol. The molecule has 0 radical (unpaired) electrons. The molecule has 0 bridgehead atoms. The van der Waals surface area contributed by atoms with E-state index in [1.54, 1.807) is 4.31 Å². The van der Waals surface area contributed by atoms with E-state index in [9.17, 15) is 8.42 Å². The average Bonchev–Trinajstić information content (AvgIpc) is 3.46. The van der Waals surface area contributed by atoms with Crippen molar-refractivity contribution in [3.05, 3.63) is 46.3 Å². The maximum atomic E-state index is 13.8. The molecule has 2 aromatic rings. The molecule has 3 aliphatic carbocycles. The van der Waals surface area contributed by atoms with Crippen molar-refractivity contribution in [1.82, 2.24) is 14.1 Å². The summed E-state index contributed by atoms with van der Waals surface area (Å²) >= 11 is 0. The third-order valence-corrected chi connectivity index (χ3v) is 9.06. The van der Waals surface area contributed by atoms with Crippen LogP contribution in [0.5, 0.6) is 0 Å². The van der Waals surface area contributed by atoms with Gasteiger partial charge in [0.05, 0.1) is 17.1 Å². The topological polar surface area (TPSA) is 55.2 Å². The Kier molecular flexibility index (Phi) is 5.03. The molecule has 1 aromatic carbocycles. The molecule has 1 saturated carbocycles. The highest BCUT2D eigenvalue weighted by Gasteiger charge is 2.35. The largest absolute Gasteiger partial charge is 0.272 e. The minimum absolute atomic E-state index is 0.0927. The van der Waals surface area contributed by atoms with Gasteiger partial charge in [-0.25, -0.2) is 8.42 Å². The Hall–Kier alpha value is -1.66. The van der Waals surface area contributed by atoms with E-state index in [0.29, 0.717) is 11.4 Å². The van der Waals surface area contributed by atoms with Crippen molar-refractivity contribution in [2.45, 2.75) is 88.1 Å². The highest BCUT2D eigenvalue weighted by Crippen LogP contribution is 2.34. The fourth-order valence-electron chi connectivity index (χ4n) is 5.58. The molecule has 0 amide bonds. The summed E-state index contributed by atoms with van der Waals surface area (Å²) in [6.07, 6.45) is 11.8. The van der Waals surface area contributed by atoms with E-state index in [1.807, 2.05) is 29.9 Å². The summed E-state index contributed by atoms with van der Waals surface area (Å²) in [5.74, 6) is 0. The van der Waals surface area contributed by atoms with Gasteiger partial charge in [0.2, 0.25) is 10.0 Å². The third-order valence-electron chi connectivity index (χ3n) is 7.16. The minimum atomic E-state index is -3.54. The van der Waals surface area contributed by atoms with Gasteiger partial charge in [-0.1, -0.05) is 18.9 Å². The number of aryl methyl sites for hydroxylation is 3. The molecule has 1 fully saturated rings. The first-order valence-electron chi connectivity index (χ1n) is 11.2. The van der Waals surface area contributed by atoms with Crippen LogP contribution in [0, 0.1) is 0 Å². The predicted octanol–water partition coefficient (Wildman–Crippen LogP) is 3.92. The van der Waals surface area contributed by atoms with Gasteiger partial charge in [0.1, 0.15) is 0 Å². The Morgan fingerprint density at radius 3 is 2.55 bits per heavy atom. The van der Waals surface area contributed by atoms with E-state index >= 15 is 0 Å². The number of rotatable bonds is 5. The second-order valence-electron chi connectivity index (χ2n) is 8.98. The lowest BCUT2D eigenvalue weighted by Gasteiger charge is -2.28. The highest BCUT2D eigenvalue weighted by atomic mass is 32.2. The monoisotopic (exact) mass is 413 g/mol. The van der Waals surface area contributed by atoms with Crippen molar-refractivity contribution in [1.29, 1.82) is 0 Å². The molecule has 5 nitrogen and oxygen atoms in total. The molecule has 0 saturated heterocycles. The van der Waals surface area contributed by atoms with Gasteiger partial charge in [0.25, 0.3) is 0 Å². The van der Waals surface area contributed by atoms with Crippen molar-refractivity contribution in [2.75, 3.05) is 0 Å². The fraction of sp³-hybridized carbons (Fsp3) is 0.609. The molecule has 0 unspecified atom stereocenters. The Morgan fingerprint density at radius 2 is 1.76 bits per heavy atom. The normalized spacial score (nSPS) is 19.7. The maximum Gasteiger partial charge on any atom is 0.243 e. The smallest absolute Gasteiger partial charge is 0.243 e. The van der Waals surface area contributed by atoms with Crippen LogP contribution in [0.2, 0.25) is 0 Å². The molecule has 0 aliphatic heterocycles. The van der Waals surface area contributed by atoms with Crippen LogP contribution >= 0.6 is 0 Å². The van der Waals surface area contributed by atoms with Crippen molar-refractivity contribution < 1.29 is 8.42 Å². The number of nitrogens with zero attached hydrogens (tertiary/aromatic N) is 3. The van der Waals surface area contributed by atoms with Crippen molar-refractivity contribution >= 4 is 10.0 Å². The van der Waals surface area contributed by atoms with Crippen molar-refractivity contribution in [2.24, 2.45) is 7.05 Å². The lowest BCUT2D eigenvalue weighted by Crippen LogP contribution is -2.38. The van der Waals surface area contributed by atoms with Crippen LogP contribution in [0.3, 0.4) is 0 Å². The fourth-order valence-corrected chi connectivity index (χ4v) is 7.28. The summed E-state index contributed by atoms with van der Waals surface area (Å²) in [5.41, 5.74) is 6.09. The van der Waals surface area contributed by atoms with Crippen LogP contribution in [0.15, 0.2) is 23.1 Å². The number of sulfonamides is 1. The van der Waals surface area contributed by atoms with Gasteiger partial charge in [-0.15, -0.1) is 0 Å². The average molecular weight is 414 g/mol. The van der Waals surface area contributed by atoms with Gasteiger partial charge in [-0.3, -0.25) is 4.68 Å². The van der Waals surface area contributed by atoms with E-state index in [-0.39, 0.29) is 6.04 Å². The molecule has 5 rings (SSSR count). The van der Waals surface area contributed by atoms with E-state index in [4.69, 9.17) is 5.10 Å². The van der Waals surface area contributed by atoms with Gasteiger partial charge in [0, 0.05) is 18.8 Å². The van der Waals surface area contributed by atoms with Crippen LogP contribution < -0.4 is 0 Å². The zero-order chi connectivity index (χ0) is 20.0. The molecule has 1 heterocycles. The second-order valence-corrected chi connectivity index (χ2v) is 10.9. The van der Waals surface area contributed by atoms with Crippen LogP contribution in [-0.4, -0.2) is 28.5 Å². The molecule has 6 heteroatoms. The van der Waals surface area contributed by atoms with Gasteiger partial charge in [-0.2, -0.15) is 9.40 Å². The number of hydrogen-bond donors (Lipinski definition) is 0. The first-order valence-corrected chi connectivity index (χ1v) is 12.7. The maximum absolute atomic E-state index is 13.8. The predicted molar refractivity (Wildman–Crippen MR) is 113 cm³/mol. The summed E-state index contributed by atoms with van der Waals surface area (Å²) < 4.78 is 31.4. The van der Waals surface area contributed by atoms with Crippen LogP contribution in [-0.2, 0) is 49.3 Å². The number of benzene rings is 1. The molecular formula is C23H31N3O2S. The van der Waals surface area contributed by atoms with Crippen molar-refractivity contribution in [3.63, 3.8) is 0 Å². The van der Waals surface area contributed by atoms with E-state index in [2.05, 4.69) is 0 Å². The first-order chi connectivity index (χ1) is 14.0. The van der Waals surface area contributed by atoms with E-state index in [1.165, 1.54) is 28.8 Å². The van der Waals surface area contributed by atoms with E-state index < -0.39 is 10.0 Å². The zero-order valence-corrected chi connectivity index (χ0v) is 18.2. The summed E-state index contributed by atoms with van der Waals surface area (Å²) in [5, 5.41) is 4.73. The Labute approximate surface area is 174 Å². The van der Waals surface area contributed by atoms with Crippen LogP contribution in [0.25, 0.3) is 0 Å². The third kappa shape index (κ3) is 3.44. The Morgan fingerprint density at radius 1 is 1.00 bits per heavy atom. The molecule has 29 heavy (non-hydrogen) atoms. The number of fused-ring (bicyclic) bond motifs is 2. The van der Waals surface area contributed by atoms with Gasteiger partial charge >= 0.3 is 0 Å². The van der Waals surface area contributed by atoms with Gasteiger partial charge in [-0.05, 0) is 86.6 Å². The van der Waals surface area contributed by atoms with E-state index in [0.717, 1.165) is 69.9 Å². The number of hydrogen-bond acceptors (Lipinski definition) is 3. The Balaban J connectivity index is 1.52. The molecule has 0 N–H and O–H groups in total. The standard InChI is InChI=1S/C23H31N3O2S/c1-25-23-12-6-11-21(23)22(24-25)16-26(19-9-4-5-10-19)29(27,28)20-14-13-17-7-2-3-8-18(17)15-20/h13-15,19H,2-12,16H2,1H3. The summed E-state index contributed by atoms with van der Waals surface area (Å²) in [6.45, 7) is 0.410. The lowest BCUT2D eigenvalue weighted by molar-refractivity contribution is 0.311. The van der Waals surface area contributed by atoms with Crippen LogP contribution in [0.1, 0.15) is 73.0 Å². The minimum Gasteiger partial charge on any atom is -0.272 e. The van der Waals surface area contributed by atoms with Crippen molar-refractivity contribution in [3.8, 4) is 0 Å². The Bertz CT molecular complexity index is 1020. The molecule has 0 spiro atoms. The second kappa shape index (κ2) is 7.55. The zero-order valence-electron chi connectivity index (χ0n) is 17.4. The van der Waals surface area contributed by atoms with Gasteiger partial charge in [0.15, 0.2) is 0 Å². The summed E-state index contributed by atoms with van der Waals surface area (Å²) in [4.78, 5) is 0.470. The highest BCUT2D eigenvalue weighted by molar-refractivity contribution is 7.89. The van der Waals surface area contributed by atoms with Gasteiger partial charge < -0.3 is 0 Å².